The van der Waals surface area contributed by atoms with Gasteiger partial charge in [0.05, 0.1) is 12.7 Å². The fourth-order valence-electron chi connectivity index (χ4n) is 3.29. The molecule has 1 aromatic rings. The van der Waals surface area contributed by atoms with Crippen LogP contribution < -0.4 is 5.73 Å². The highest BCUT2D eigenvalue weighted by molar-refractivity contribution is 5.40. The summed E-state index contributed by atoms with van der Waals surface area (Å²) in [6, 6.07) is 4.25. The first-order valence-corrected chi connectivity index (χ1v) is 7.04. The Morgan fingerprint density at radius 3 is 2.42 bits per heavy atom. The Kier molecular flexibility index (Phi) is 4.29. The van der Waals surface area contributed by atoms with Crippen molar-refractivity contribution >= 4 is 0 Å². The second-order valence-corrected chi connectivity index (χ2v) is 5.94. The fraction of sp³-hybridized carbons (Fsp3) is 0.625. The van der Waals surface area contributed by atoms with Crippen molar-refractivity contribution in [3.8, 4) is 0 Å². The van der Waals surface area contributed by atoms with E-state index in [2.05, 4.69) is 32.9 Å². The van der Waals surface area contributed by atoms with Crippen LogP contribution in [0.3, 0.4) is 0 Å². The van der Waals surface area contributed by atoms with Crippen molar-refractivity contribution in [3.05, 3.63) is 34.4 Å². The zero-order valence-corrected chi connectivity index (χ0v) is 12.2. The Morgan fingerprint density at radius 2 is 1.95 bits per heavy atom. The Labute approximate surface area is 115 Å². The van der Waals surface area contributed by atoms with Crippen LogP contribution in [0.15, 0.2) is 12.1 Å². The zero-order chi connectivity index (χ0) is 14.0. The summed E-state index contributed by atoms with van der Waals surface area (Å²) in [4.78, 5) is 0. The van der Waals surface area contributed by atoms with Gasteiger partial charge in [-0.25, -0.2) is 0 Å². The molecule has 106 valence electrons. The van der Waals surface area contributed by atoms with Crippen LogP contribution >= 0.6 is 0 Å². The van der Waals surface area contributed by atoms with Gasteiger partial charge in [0.25, 0.3) is 0 Å². The van der Waals surface area contributed by atoms with Crippen molar-refractivity contribution in [1.82, 2.24) is 0 Å². The summed E-state index contributed by atoms with van der Waals surface area (Å²) in [7, 11) is 0. The minimum Gasteiger partial charge on any atom is -0.388 e. The molecule has 1 aromatic carbocycles. The average Bonchev–Trinajstić information content (AvgIpc) is 2.38. The maximum Gasteiger partial charge on any atom is 0.0885 e. The summed E-state index contributed by atoms with van der Waals surface area (Å²) in [6.07, 6.45) is 1.36. The fourth-order valence-corrected chi connectivity index (χ4v) is 3.29. The predicted molar refractivity (Wildman–Crippen MR) is 77.2 cm³/mol. The number of hydrogen-bond donors (Lipinski definition) is 2. The lowest BCUT2D eigenvalue weighted by atomic mass is 9.73. The lowest BCUT2D eigenvalue weighted by Gasteiger charge is -2.41. The summed E-state index contributed by atoms with van der Waals surface area (Å²) >= 11 is 0. The number of aliphatic hydroxyl groups is 1. The maximum atomic E-state index is 10.9. The highest BCUT2D eigenvalue weighted by Gasteiger charge is 2.40. The molecule has 0 aromatic heterocycles. The van der Waals surface area contributed by atoms with Gasteiger partial charge in [0.1, 0.15) is 0 Å². The molecular weight excluding hydrogens is 238 g/mol. The quantitative estimate of drug-likeness (QED) is 0.880. The highest BCUT2D eigenvalue weighted by atomic mass is 16.5. The third-order valence-corrected chi connectivity index (χ3v) is 4.35. The summed E-state index contributed by atoms with van der Waals surface area (Å²) in [6.45, 7) is 8.00. The standard InChI is InChI=1S/C16H25NO2/c1-11-7-12(2)14(13(3)8-11)15(18)16(9-17)5-4-6-19-10-16/h7-8,15,18H,4-6,9-10,17H2,1-3H3. The molecule has 1 aliphatic rings. The Hall–Kier alpha value is -0.900. The minimum absolute atomic E-state index is 0.330. The summed E-state index contributed by atoms with van der Waals surface area (Å²) in [5.41, 5.74) is 10.2. The van der Waals surface area contributed by atoms with Gasteiger partial charge in [0, 0.05) is 18.6 Å². The molecule has 1 aliphatic heterocycles. The summed E-state index contributed by atoms with van der Waals surface area (Å²) in [5.74, 6) is 0. The summed E-state index contributed by atoms with van der Waals surface area (Å²) in [5, 5.41) is 10.9. The topological polar surface area (TPSA) is 55.5 Å². The second kappa shape index (κ2) is 5.61. The zero-order valence-electron chi connectivity index (χ0n) is 12.2. The van der Waals surface area contributed by atoms with Gasteiger partial charge < -0.3 is 15.6 Å². The van der Waals surface area contributed by atoms with Crippen molar-refractivity contribution < 1.29 is 9.84 Å². The molecule has 0 bridgehead atoms. The van der Waals surface area contributed by atoms with Gasteiger partial charge in [-0.15, -0.1) is 0 Å². The van der Waals surface area contributed by atoms with E-state index in [9.17, 15) is 5.11 Å². The molecule has 3 N–H and O–H groups in total. The Morgan fingerprint density at radius 1 is 1.32 bits per heavy atom. The maximum absolute atomic E-state index is 10.9. The van der Waals surface area contributed by atoms with Crippen molar-refractivity contribution in [1.29, 1.82) is 0 Å². The first-order valence-electron chi connectivity index (χ1n) is 7.04. The Balaban J connectivity index is 2.40. The minimum atomic E-state index is -0.543. The molecule has 0 amide bonds. The van der Waals surface area contributed by atoms with Crippen molar-refractivity contribution in [2.45, 2.75) is 39.7 Å². The van der Waals surface area contributed by atoms with Crippen LogP contribution in [-0.2, 0) is 4.74 Å². The molecule has 0 aliphatic carbocycles. The van der Waals surface area contributed by atoms with Crippen LogP contribution in [-0.4, -0.2) is 24.9 Å². The number of benzene rings is 1. The number of aliphatic hydroxyl groups excluding tert-OH is 1. The molecule has 3 heteroatoms. The average molecular weight is 263 g/mol. The smallest absolute Gasteiger partial charge is 0.0885 e. The molecule has 1 heterocycles. The molecular formula is C16H25NO2. The van der Waals surface area contributed by atoms with Gasteiger partial charge in [0.2, 0.25) is 0 Å². The van der Waals surface area contributed by atoms with E-state index in [-0.39, 0.29) is 5.41 Å². The SMILES string of the molecule is Cc1cc(C)c(C(O)C2(CN)CCCOC2)c(C)c1. The van der Waals surface area contributed by atoms with Crippen LogP contribution in [0.4, 0.5) is 0 Å². The largest absolute Gasteiger partial charge is 0.388 e. The van der Waals surface area contributed by atoms with E-state index in [1.807, 2.05) is 0 Å². The van der Waals surface area contributed by atoms with E-state index >= 15 is 0 Å². The van der Waals surface area contributed by atoms with E-state index in [0.717, 1.165) is 36.1 Å². The lowest BCUT2D eigenvalue weighted by Crippen LogP contribution is -2.44. The molecule has 2 rings (SSSR count). The predicted octanol–water partition coefficient (Wildman–Crippen LogP) is 2.40. The third-order valence-electron chi connectivity index (χ3n) is 4.35. The molecule has 0 spiro atoms. The normalized spacial score (nSPS) is 25.3. The Bertz CT molecular complexity index is 427. The molecule has 0 radical (unpaired) electrons. The van der Waals surface area contributed by atoms with Crippen molar-refractivity contribution in [2.75, 3.05) is 19.8 Å². The first-order chi connectivity index (χ1) is 9.00. The third kappa shape index (κ3) is 2.69. The summed E-state index contributed by atoms with van der Waals surface area (Å²) < 4.78 is 5.58. The second-order valence-electron chi connectivity index (χ2n) is 5.94. The van der Waals surface area contributed by atoms with Crippen LogP contribution in [0.5, 0.6) is 0 Å². The van der Waals surface area contributed by atoms with E-state index in [1.165, 1.54) is 5.56 Å². The number of rotatable bonds is 3. The van der Waals surface area contributed by atoms with Gasteiger partial charge in [-0.3, -0.25) is 0 Å². The number of hydrogen-bond acceptors (Lipinski definition) is 3. The van der Waals surface area contributed by atoms with Crippen molar-refractivity contribution in [3.63, 3.8) is 0 Å². The molecule has 19 heavy (non-hydrogen) atoms. The molecule has 0 saturated carbocycles. The molecule has 2 atom stereocenters. The number of ether oxygens (including phenoxy) is 1. The van der Waals surface area contributed by atoms with Crippen molar-refractivity contribution in [2.24, 2.45) is 11.1 Å². The van der Waals surface area contributed by atoms with E-state index < -0.39 is 6.10 Å². The molecule has 2 unspecified atom stereocenters. The molecule has 1 saturated heterocycles. The molecule has 1 fully saturated rings. The monoisotopic (exact) mass is 263 g/mol. The number of nitrogens with two attached hydrogens (primary N) is 1. The number of aryl methyl sites for hydroxylation is 3. The molecule has 3 nitrogen and oxygen atoms in total. The van der Waals surface area contributed by atoms with Gasteiger partial charge in [-0.2, -0.15) is 0 Å². The first kappa shape index (κ1) is 14.5. The van der Waals surface area contributed by atoms with E-state index in [1.54, 1.807) is 0 Å². The van der Waals surface area contributed by atoms with Gasteiger partial charge in [-0.1, -0.05) is 17.7 Å². The lowest BCUT2D eigenvalue weighted by molar-refractivity contribution is -0.0785. The van der Waals surface area contributed by atoms with Crippen LogP contribution in [0, 0.1) is 26.2 Å². The van der Waals surface area contributed by atoms with Crippen LogP contribution in [0.2, 0.25) is 0 Å². The highest BCUT2D eigenvalue weighted by Crippen LogP contribution is 2.42. The van der Waals surface area contributed by atoms with Gasteiger partial charge >= 0.3 is 0 Å². The van der Waals surface area contributed by atoms with Gasteiger partial charge in [0.15, 0.2) is 0 Å². The van der Waals surface area contributed by atoms with Crippen LogP contribution in [0.1, 0.15) is 41.2 Å². The van der Waals surface area contributed by atoms with E-state index in [0.29, 0.717) is 13.2 Å². The van der Waals surface area contributed by atoms with E-state index in [4.69, 9.17) is 10.5 Å². The van der Waals surface area contributed by atoms with Crippen LogP contribution in [0.25, 0.3) is 0 Å². The van der Waals surface area contributed by atoms with Gasteiger partial charge in [-0.05, 0) is 50.3 Å².